The van der Waals surface area contributed by atoms with Crippen LogP contribution in [0, 0.1) is 0 Å². The number of hydrogen-bond donors (Lipinski definition) is 0. The molecule has 0 spiro atoms. The number of rotatable bonds is 4. The van der Waals surface area contributed by atoms with Gasteiger partial charge in [0.2, 0.25) is 0 Å². The van der Waals surface area contributed by atoms with Crippen LogP contribution < -0.4 is 0 Å². The number of hydrogen-bond acceptors (Lipinski definition) is 4. The van der Waals surface area contributed by atoms with Gasteiger partial charge in [-0.15, -0.1) is 0 Å². The average molecular weight is 330 g/mol. The third-order valence-electron chi connectivity index (χ3n) is 3.57. The molecule has 118 valence electrons. The summed E-state index contributed by atoms with van der Waals surface area (Å²) in [7, 11) is 0. The van der Waals surface area contributed by atoms with Crippen molar-refractivity contribution in [2.45, 2.75) is 26.4 Å². The lowest BCUT2D eigenvalue weighted by molar-refractivity contribution is 0.0690. The summed E-state index contributed by atoms with van der Waals surface area (Å²) < 4.78 is 5.23. The molecule has 0 bridgehead atoms. The molecule has 0 atom stereocenters. The third-order valence-corrected chi connectivity index (χ3v) is 3.73. The topological polar surface area (TPSA) is 59.2 Å². The Labute approximate surface area is 138 Å². The first-order valence-electron chi connectivity index (χ1n) is 7.30. The van der Waals surface area contributed by atoms with Crippen LogP contribution in [0.5, 0.6) is 0 Å². The van der Waals surface area contributed by atoms with E-state index >= 15 is 0 Å². The van der Waals surface area contributed by atoms with Crippen molar-refractivity contribution in [3.63, 3.8) is 0 Å². The Kier molecular flexibility index (Phi) is 4.30. The van der Waals surface area contributed by atoms with Crippen molar-refractivity contribution in [1.82, 2.24) is 14.9 Å². The van der Waals surface area contributed by atoms with Crippen molar-refractivity contribution < 1.29 is 9.21 Å². The van der Waals surface area contributed by atoms with E-state index in [-0.39, 0.29) is 17.3 Å². The molecule has 6 heteroatoms. The summed E-state index contributed by atoms with van der Waals surface area (Å²) in [6.07, 6.45) is 3.48. The van der Waals surface area contributed by atoms with Gasteiger partial charge >= 0.3 is 0 Å². The molecule has 0 fully saturated rings. The van der Waals surface area contributed by atoms with Crippen molar-refractivity contribution in [2.24, 2.45) is 0 Å². The molecule has 3 rings (SSSR count). The Morgan fingerprint density at radius 2 is 2.17 bits per heavy atom. The number of amides is 1. The molecule has 0 aliphatic heterocycles. The second-order valence-corrected chi connectivity index (χ2v) is 5.86. The van der Waals surface area contributed by atoms with E-state index in [2.05, 4.69) is 9.97 Å². The molecular formula is C17H16ClN3O2. The van der Waals surface area contributed by atoms with E-state index < -0.39 is 0 Å². The van der Waals surface area contributed by atoms with Crippen LogP contribution in [0.15, 0.2) is 47.1 Å². The Morgan fingerprint density at radius 3 is 2.87 bits per heavy atom. The molecule has 5 nitrogen and oxygen atoms in total. The van der Waals surface area contributed by atoms with E-state index in [4.69, 9.17) is 16.0 Å². The summed E-state index contributed by atoms with van der Waals surface area (Å²) in [4.78, 5) is 22.8. The van der Waals surface area contributed by atoms with E-state index in [1.54, 1.807) is 35.5 Å². The standard InChI is InChI=1S/C17H16ClN3O2/c1-11(2)21(10-12-4-3-7-19-9-12)16(22)13-5-6-15-14(8-13)20-17(18)23-15/h3-9,11H,10H2,1-2H3. The molecule has 0 unspecified atom stereocenters. The minimum absolute atomic E-state index is 0.0549. The number of carbonyl (C=O) groups is 1. The number of aromatic nitrogens is 2. The van der Waals surface area contributed by atoms with Gasteiger partial charge in [-0.05, 0) is 55.3 Å². The van der Waals surface area contributed by atoms with Crippen molar-refractivity contribution in [2.75, 3.05) is 0 Å². The predicted molar refractivity (Wildman–Crippen MR) is 88.3 cm³/mol. The molecule has 0 saturated carbocycles. The molecule has 23 heavy (non-hydrogen) atoms. The number of oxazole rings is 1. The zero-order valence-electron chi connectivity index (χ0n) is 12.9. The van der Waals surface area contributed by atoms with Gasteiger partial charge in [0.15, 0.2) is 5.58 Å². The number of pyridine rings is 1. The van der Waals surface area contributed by atoms with Gasteiger partial charge in [0.05, 0.1) is 0 Å². The molecular weight excluding hydrogens is 314 g/mol. The summed E-state index contributed by atoms with van der Waals surface area (Å²) >= 11 is 5.76. The number of fused-ring (bicyclic) bond motifs is 1. The average Bonchev–Trinajstić information content (AvgIpc) is 2.91. The SMILES string of the molecule is CC(C)N(Cc1cccnc1)C(=O)c1ccc2oc(Cl)nc2c1. The Hall–Kier alpha value is -2.40. The highest BCUT2D eigenvalue weighted by Crippen LogP contribution is 2.21. The molecule has 0 N–H and O–H groups in total. The quantitative estimate of drug-likeness (QED) is 0.727. The predicted octanol–water partition coefficient (Wildman–Crippen LogP) is 3.93. The molecule has 2 aromatic heterocycles. The van der Waals surface area contributed by atoms with Crippen LogP contribution in [-0.4, -0.2) is 26.8 Å². The Bertz CT molecular complexity index is 830. The maximum Gasteiger partial charge on any atom is 0.293 e. The van der Waals surface area contributed by atoms with Crippen LogP contribution in [0.4, 0.5) is 0 Å². The molecule has 0 aliphatic rings. The van der Waals surface area contributed by atoms with Crippen LogP contribution >= 0.6 is 11.6 Å². The van der Waals surface area contributed by atoms with Crippen LogP contribution in [0.2, 0.25) is 5.35 Å². The normalized spacial score (nSPS) is 11.1. The molecule has 0 aliphatic carbocycles. The summed E-state index contributed by atoms with van der Waals surface area (Å²) in [5, 5.41) is 0.0701. The van der Waals surface area contributed by atoms with Crippen molar-refractivity contribution in [3.05, 3.63) is 59.2 Å². The summed E-state index contributed by atoms with van der Waals surface area (Å²) in [5.41, 5.74) is 2.68. The molecule has 1 amide bonds. The maximum absolute atomic E-state index is 12.9. The molecule has 0 saturated heterocycles. The summed E-state index contributed by atoms with van der Waals surface area (Å²) in [5.74, 6) is -0.0649. The number of nitrogens with zero attached hydrogens (tertiary/aromatic N) is 3. The van der Waals surface area contributed by atoms with Gasteiger partial charge in [0.1, 0.15) is 5.52 Å². The fraction of sp³-hybridized carbons (Fsp3) is 0.235. The second-order valence-electron chi connectivity index (χ2n) is 5.54. The van der Waals surface area contributed by atoms with Gasteiger partial charge < -0.3 is 9.32 Å². The van der Waals surface area contributed by atoms with E-state index in [0.717, 1.165) is 5.56 Å². The lowest BCUT2D eigenvalue weighted by Crippen LogP contribution is -2.36. The van der Waals surface area contributed by atoms with Crippen molar-refractivity contribution in [1.29, 1.82) is 0 Å². The van der Waals surface area contributed by atoms with E-state index in [1.165, 1.54) is 0 Å². The first kappa shape index (κ1) is 15.5. The highest BCUT2D eigenvalue weighted by atomic mass is 35.5. The fourth-order valence-electron chi connectivity index (χ4n) is 2.38. The number of benzene rings is 1. The lowest BCUT2D eigenvalue weighted by atomic mass is 10.1. The molecule has 1 aromatic carbocycles. The van der Waals surface area contributed by atoms with Crippen LogP contribution in [-0.2, 0) is 6.54 Å². The van der Waals surface area contributed by atoms with Gasteiger partial charge in [0, 0.05) is 30.5 Å². The smallest absolute Gasteiger partial charge is 0.293 e. The van der Waals surface area contributed by atoms with E-state index in [1.807, 2.05) is 26.0 Å². The van der Waals surface area contributed by atoms with Gasteiger partial charge in [0.25, 0.3) is 11.3 Å². The molecule has 0 radical (unpaired) electrons. The van der Waals surface area contributed by atoms with Gasteiger partial charge in [-0.2, -0.15) is 4.98 Å². The number of halogens is 1. The fourth-order valence-corrected chi connectivity index (χ4v) is 2.55. The Morgan fingerprint density at radius 1 is 1.35 bits per heavy atom. The summed E-state index contributed by atoms with van der Waals surface area (Å²) in [6, 6.07) is 9.01. The third kappa shape index (κ3) is 3.35. The largest absolute Gasteiger partial charge is 0.428 e. The van der Waals surface area contributed by atoms with Gasteiger partial charge in [-0.25, -0.2) is 0 Å². The zero-order chi connectivity index (χ0) is 16.4. The number of carbonyl (C=O) groups excluding carboxylic acids is 1. The molecule has 2 heterocycles. The van der Waals surface area contributed by atoms with Crippen LogP contribution in [0.1, 0.15) is 29.8 Å². The van der Waals surface area contributed by atoms with E-state index in [0.29, 0.717) is 23.2 Å². The lowest BCUT2D eigenvalue weighted by Gasteiger charge is -2.27. The first-order valence-corrected chi connectivity index (χ1v) is 7.68. The van der Waals surface area contributed by atoms with Crippen LogP contribution in [0.25, 0.3) is 11.1 Å². The van der Waals surface area contributed by atoms with Crippen molar-refractivity contribution in [3.8, 4) is 0 Å². The highest BCUT2D eigenvalue weighted by Gasteiger charge is 2.20. The summed E-state index contributed by atoms with van der Waals surface area (Å²) in [6.45, 7) is 4.47. The van der Waals surface area contributed by atoms with Crippen LogP contribution in [0.3, 0.4) is 0 Å². The van der Waals surface area contributed by atoms with E-state index in [9.17, 15) is 4.79 Å². The maximum atomic E-state index is 12.9. The Balaban J connectivity index is 1.90. The second kappa shape index (κ2) is 6.38. The van der Waals surface area contributed by atoms with Gasteiger partial charge in [-0.1, -0.05) is 6.07 Å². The minimum Gasteiger partial charge on any atom is -0.428 e. The van der Waals surface area contributed by atoms with Gasteiger partial charge in [-0.3, -0.25) is 9.78 Å². The monoisotopic (exact) mass is 329 g/mol. The molecule has 3 aromatic rings. The zero-order valence-corrected chi connectivity index (χ0v) is 13.6. The minimum atomic E-state index is -0.0649. The van der Waals surface area contributed by atoms with Crippen molar-refractivity contribution >= 4 is 28.6 Å². The highest BCUT2D eigenvalue weighted by molar-refractivity contribution is 6.28. The first-order chi connectivity index (χ1) is 11.0.